The Morgan fingerprint density at radius 1 is 0.923 bits per heavy atom. The maximum absolute atomic E-state index is 5.79. The maximum atomic E-state index is 5.79. The van der Waals surface area contributed by atoms with E-state index in [9.17, 15) is 0 Å². The molecule has 0 saturated heterocycles. The zero-order chi connectivity index (χ0) is 9.42. The molecule has 0 aliphatic carbocycles. The van der Waals surface area contributed by atoms with Gasteiger partial charge in [-0.3, -0.25) is 0 Å². The minimum atomic E-state index is 0.413. The Balaban J connectivity index is 2.94. The molecule has 0 aromatic heterocycles. The molecule has 0 saturated carbocycles. The molecule has 0 spiro atoms. The first kappa shape index (κ1) is 7.73. The normalized spacial score (nSPS) is 10.5. The van der Waals surface area contributed by atoms with E-state index in [-0.39, 0.29) is 0 Å². The summed E-state index contributed by atoms with van der Waals surface area (Å²) in [5, 5.41) is 1.79. The largest absolute Gasteiger partial charge is 0.396 e. The van der Waals surface area contributed by atoms with Crippen molar-refractivity contribution >= 4 is 27.8 Å². The summed E-state index contributed by atoms with van der Waals surface area (Å²) in [6, 6.07) is 10.6. The first-order chi connectivity index (χ1) is 6.20. The number of fused-ring (bicyclic) bond motifs is 1. The summed E-state index contributed by atoms with van der Waals surface area (Å²) in [4.78, 5) is 0. The Morgan fingerprint density at radius 3 is 2.38 bits per heavy atom. The maximum Gasteiger partial charge on any atom is 0.0794 e. The number of benzene rings is 2. The summed E-state index contributed by atoms with van der Waals surface area (Å²) in [5.74, 6) is 0. The molecule has 2 aromatic rings. The lowest BCUT2D eigenvalue weighted by Gasteiger charge is -2.07. The lowest BCUT2D eigenvalue weighted by atomic mass is 10.1. The number of nitrogen functional groups attached to an aromatic ring is 3. The summed E-state index contributed by atoms with van der Waals surface area (Å²) in [6.07, 6.45) is 0. The highest BCUT2D eigenvalue weighted by Crippen LogP contribution is 2.30. The number of rotatable bonds is 0. The van der Waals surface area contributed by atoms with Crippen molar-refractivity contribution in [3.8, 4) is 0 Å². The molecule has 2 aromatic carbocycles. The van der Waals surface area contributed by atoms with Crippen LogP contribution in [0.5, 0.6) is 0 Å². The average Bonchev–Trinajstić information content (AvgIpc) is 2.15. The van der Waals surface area contributed by atoms with Crippen LogP contribution in [-0.4, -0.2) is 0 Å². The van der Waals surface area contributed by atoms with Crippen molar-refractivity contribution in [1.82, 2.24) is 0 Å². The second kappa shape index (κ2) is 2.55. The molecule has 0 aliphatic heterocycles. The fraction of sp³-hybridized carbons (Fsp3) is 0. The van der Waals surface area contributed by atoms with Gasteiger partial charge < -0.3 is 17.2 Å². The molecule has 0 atom stereocenters. The van der Waals surface area contributed by atoms with Gasteiger partial charge >= 0.3 is 0 Å². The first-order valence-electron chi connectivity index (χ1n) is 3.94. The van der Waals surface area contributed by atoms with Gasteiger partial charge in [0.1, 0.15) is 0 Å². The minimum absolute atomic E-state index is 0.413. The van der Waals surface area contributed by atoms with Crippen LogP contribution in [0.3, 0.4) is 0 Å². The molecule has 3 heteroatoms. The van der Waals surface area contributed by atoms with Crippen LogP contribution in [0.4, 0.5) is 17.1 Å². The summed E-state index contributed by atoms with van der Waals surface area (Å²) >= 11 is 0. The van der Waals surface area contributed by atoms with Crippen LogP contribution in [0.2, 0.25) is 0 Å². The van der Waals surface area contributed by atoms with Gasteiger partial charge in [0.05, 0.1) is 17.1 Å². The summed E-state index contributed by atoms with van der Waals surface area (Å²) in [7, 11) is 0. The third-order valence-electron chi connectivity index (χ3n) is 2.07. The van der Waals surface area contributed by atoms with Crippen molar-refractivity contribution in [2.24, 2.45) is 0 Å². The Labute approximate surface area is 76.1 Å². The quantitative estimate of drug-likeness (QED) is 0.525. The molecular formula is C10H10N3. The van der Waals surface area contributed by atoms with E-state index in [0.717, 1.165) is 10.8 Å². The zero-order valence-corrected chi connectivity index (χ0v) is 7.04. The zero-order valence-electron chi connectivity index (χ0n) is 7.04. The monoisotopic (exact) mass is 172 g/mol. The Morgan fingerprint density at radius 2 is 1.62 bits per heavy atom. The van der Waals surface area contributed by atoms with E-state index < -0.39 is 0 Å². The van der Waals surface area contributed by atoms with E-state index in [1.165, 1.54) is 0 Å². The third-order valence-corrected chi connectivity index (χ3v) is 2.07. The highest BCUT2D eigenvalue weighted by Gasteiger charge is 2.04. The highest BCUT2D eigenvalue weighted by molar-refractivity contribution is 6.02. The predicted molar refractivity (Wildman–Crippen MR) is 56.0 cm³/mol. The van der Waals surface area contributed by atoms with E-state index in [4.69, 9.17) is 17.2 Å². The fourth-order valence-electron chi connectivity index (χ4n) is 1.33. The molecule has 2 rings (SSSR count). The van der Waals surface area contributed by atoms with Crippen molar-refractivity contribution in [3.63, 3.8) is 0 Å². The standard InChI is InChI=1S/C10H10N3/c11-8-5-6-3-1-2-4-7(6)9(12)10(8)13/h1-4H,11-13H2. The topological polar surface area (TPSA) is 78.1 Å². The van der Waals surface area contributed by atoms with Gasteiger partial charge in [-0.1, -0.05) is 24.3 Å². The number of hydrogen-bond donors (Lipinski definition) is 3. The smallest absolute Gasteiger partial charge is 0.0794 e. The molecule has 65 valence electrons. The van der Waals surface area contributed by atoms with Gasteiger partial charge in [-0.15, -0.1) is 0 Å². The van der Waals surface area contributed by atoms with Gasteiger partial charge in [0.15, 0.2) is 0 Å². The van der Waals surface area contributed by atoms with Crippen molar-refractivity contribution in [2.75, 3.05) is 17.2 Å². The van der Waals surface area contributed by atoms with Crippen LogP contribution in [0.1, 0.15) is 0 Å². The van der Waals surface area contributed by atoms with E-state index >= 15 is 0 Å². The molecule has 0 fully saturated rings. The highest BCUT2D eigenvalue weighted by atomic mass is 14.7. The van der Waals surface area contributed by atoms with Crippen molar-refractivity contribution in [2.45, 2.75) is 0 Å². The molecule has 0 aliphatic rings. The lowest BCUT2D eigenvalue weighted by Crippen LogP contribution is -2.00. The first-order valence-corrected chi connectivity index (χ1v) is 3.94. The van der Waals surface area contributed by atoms with E-state index in [1.807, 2.05) is 24.3 Å². The predicted octanol–water partition coefficient (Wildman–Crippen LogP) is 1.39. The van der Waals surface area contributed by atoms with Gasteiger partial charge in [-0.05, 0) is 5.39 Å². The van der Waals surface area contributed by atoms with Crippen LogP contribution >= 0.6 is 0 Å². The second-order valence-corrected chi connectivity index (χ2v) is 2.91. The molecule has 3 nitrogen and oxygen atoms in total. The second-order valence-electron chi connectivity index (χ2n) is 2.91. The molecule has 1 radical (unpaired) electrons. The summed E-state index contributed by atoms with van der Waals surface area (Å²) in [6.45, 7) is 0. The molecule has 6 N–H and O–H groups in total. The van der Waals surface area contributed by atoms with E-state index in [2.05, 4.69) is 6.07 Å². The number of hydrogen-bond acceptors (Lipinski definition) is 3. The summed E-state index contributed by atoms with van der Waals surface area (Å²) < 4.78 is 0. The fourth-order valence-corrected chi connectivity index (χ4v) is 1.33. The third kappa shape index (κ3) is 1.05. The molecule has 13 heavy (non-hydrogen) atoms. The van der Waals surface area contributed by atoms with Crippen molar-refractivity contribution in [1.29, 1.82) is 0 Å². The van der Waals surface area contributed by atoms with Crippen LogP contribution in [0.25, 0.3) is 10.8 Å². The minimum Gasteiger partial charge on any atom is -0.396 e. The Hall–Kier alpha value is -1.90. The van der Waals surface area contributed by atoms with Gasteiger partial charge in [0.25, 0.3) is 0 Å². The molecule has 0 unspecified atom stereocenters. The summed E-state index contributed by atoms with van der Waals surface area (Å²) in [5.41, 5.74) is 18.4. The van der Waals surface area contributed by atoms with E-state index in [0.29, 0.717) is 17.1 Å². The van der Waals surface area contributed by atoms with Crippen molar-refractivity contribution < 1.29 is 0 Å². The van der Waals surface area contributed by atoms with Crippen molar-refractivity contribution in [3.05, 3.63) is 30.3 Å². The molecule has 0 bridgehead atoms. The molecule has 0 amide bonds. The van der Waals surface area contributed by atoms with Crippen LogP contribution in [0.15, 0.2) is 24.3 Å². The lowest BCUT2D eigenvalue weighted by molar-refractivity contribution is 1.68. The van der Waals surface area contributed by atoms with Crippen LogP contribution < -0.4 is 17.2 Å². The van der Waals surface area contributed by atoms with Crippen LogP contribution in [0, 0.1) is 6.07 Å². The van der Waals surface area contributed by atoms with Gasteiger partial charge in [-0.25, -0.2) is 0 Å². The number of anilines is 3. The van der Waals surface area contributed by atoms with E-state index in [1.54, 1.807) is 0 Å². The Bertz CT molecular complexity index is 463. The van der Waals surface area contributed by atoms with Gasteiger partial charge in [0.2, 0.25) is 0 Å². The van der Waals surface area contributed by atoms with Gasteiger partial charge in [0, 0.05) is 11.5 Å². The van der Waals surface area contributed by atoms with Gasteiger partial charge in [-0.2, -0.15) is 0 Å². The molecule has 0 heterocycles. The Kier molecular flexibility index (Phi) is 1.52. The average molecular weight is 172 g/mol. The van der Waals surface area contributed by atoms with Crippen LogP contribution in [-0.2, 0) is 0 Å². The number of nitrogens with two attached hydrogens (primary N) is 3. The molecular weight excluding hydrogens is 162 g/mol. The SMILES string of the molecule is Nc1[c]c2ccccc2c(N)c1N.